The lowest BCUT2D eigenvalue weighted by Crippen LogP contribution is -2.29. The lowest BCUT2D eigenvalue weighted by Gasteiger charge is -2.13. The molecule has 2 aromatic rings. The van der Waals surface area contributed by atoms with Crippen LogP contribution < -0.4 is 5.32 Å². The molecule has 1 aromatic heterocycles. The number of rotatable bonds is 6. The van der Waals surface area contributed by atoms with Gasteiger partial charge in [0, 0.05) is 19.3 Å². The summed E-state index contributed by atoms with van der Waals surface area (Å²) in [7, 11) is 1.93. The smallest absolute Gasteiger partial charge is 0.115 e. The van der Waals surface area contributed by atoms with Crippen molar-refractivity contribution in [3.05, 3.63) is 47.8 Å². The fourth-order valence-electron chi connectivity index (χ4n) is 2.12. The van der Waals surface area contributed by atoms with Crippen LogP contribution >= 0.6 is 0 Å². The Hall–Kier alpha value is -1.81. The fourth-order valence-corrected chi connectivity index (χ4v) is 2.12. The lowest BCUT2D eigenvalue weighted by molar-refractivity contribution is 0.474. The molecule has 0 aliphatic heterocycles. The van der Waals surface area contributed by atoms with Gasteiger partial charge in [0.25, 0.3) is 0 Å². The van der Waals surface area contributed by atoms with Gasteiger partial charge in [0.15, 0.2) is 0 Å². The molecule has 0 amide bonds. The van der Waals surface area contributed by atoms with Crippen molar-refractivity contribution in [1.82, 2.24) is 15.1 Å². The molecule has 0 aliphatic rings. The van der Waals surface area contributed by atoms with Crippen LogP contribution in [0.5, 0.6) is 5.75 Å². The summed E-state index contributed by atoms with van der Waals surface area (Å²) in [4.78, 5) is 0. The lowest BCUT2D eigenvalue weighted by atomic mass is 10.1. The molecule has 2 rings (SSSR count). The highest BCUT2D eigenvalue weighted by Gasteiger charge is 2.03. The summed E-state index contributed by atoms with van der Waals surface area (Å²) < 4.78 is 1.83. The van der Waals surface area contributed by atoms with Gasteiger partial charge in [-0.15, -0.1) is 0 Å². The molecule has 1 aromatic carbocycles. The van der Waals surface area contributed by atoms with E-state index in [1.807, 2.05) is 36.3 Å². The van der Waals surface area contributed by atoms with Gasteiger partial charge < -0.3 is 10.4 Å². The molecule has 0 radical (unpaired) electrons. The van der Waals surface area contributed by atoms with Crippen molar-refractivity contribution in [2.45, 2.75) is 25.8 Å². The summed E-state index contributed by atoms with van der Waals surface area (Å²) in [5, 5.41) is 16.9. The van der Waals surface area contributed by atoms with Crippen LogP contribution in [-0.4, -0.2) is 27.5 Å². The van der Waals surface area contributed by atoms with Gasteiger partial charge in [0.05, 0.1) is 6.20 Å². The molecule has 1 heterocycles. The third-order valence-electron chi connectivity index (χ3n) is 3.14. The van der Waals surface area contributed by atoms with Crippen LogP contribution in [0.2, 0.25) is 0 Å². The first-order valence-corrected chi connectivity index (χ1v) is 6.62. The van der Waals surface area contributed by atoms with Gasteiger partial charge in [-0.3, -0.25) is 4.68 Å². The Balaban J connectivity index is 1.72. The minimum Gasteiger partial charge on any atom is -0.508 e. The second-order valence-corrected chi connectivity index (χ2v) is 5.00. The molecular formula is C15H21N3O. The van der Waals surface area contributed by atoms with E-state index in [0.717, 1.165) is 19.4 Å². The summed E-state index contributed by atoms with van der Waals surface area (Å²) in [6, 6.07) is 7.82. The summed E-state index contributed by atoms with van der Waals surface area (Å²) >= 11 is 0. The molecule has 4 nitrogen and oxygen atoms in total. The Morgan fingerprint density at radius 2 is 2.00 bits per heavy atom. The van der Waals surface area contributed by atoms with E-state index in [2.05, 4.69) is 17.3 Å². The van der Waals surface area contributed by atoms with Gasteiger partial charge in [-0.2, -0.15) is 5.10 Å². The Morgan fingerprint density at radius 3 is 2.63 bits per heavy atom. The number of phenols is 1. The number of aromatic hydroxyl groups is 1. The monoisotopic (exact) mass is 259 g/mol. The minimum absolute atomic E-state index is 0.320. The Bertz CT molecular complexity index is 504. The Morgan fingerprint density at radius 1 is 1.26 bits per heavy atom. The van der Waals surface area contributed by atoms with E-state index in [1.54, 1.807) is 12.1 Å². The molecule has 0 saturated carbocycles. The van der Waals surface area contributed by atoms with Gasteiger partial charge in [-0.05, 0) is 49.6 Å². The van der Waals surface area contributed by atoms with Gasteiger partial charge >= 0.3 is 0 Å². The third-order valence-corrected chi connectivity index (χ3v) is 3.14. The number of benzene rings is 1. The molecular weight excluding hydrogens is 238 g/mol. The van der Waals surface area contributed by atoms with Gasteiger partial charge in [0.1, 0.15) is 5.75 Å². The second kappa shape index (κ2) is 6.38. The largest absolute Gasteiger partial charge is 0.508 e. The number of hydrogen-bond acceptors (Lipinski definition) is 3. The van der Waals surface area contributed by atoms with E-state index in [-0.39, 0.29) is 0 Å². The molecule has 102 valence electrons. The molecule has 0 bridgehead atoms. The first-order chi connectivity index (χ1) is 9.13. The number of nitrogens with zero attached hydrogens (tertiary/aromatic N) is 2. The van der Waals surface area contributed by atoms with Crippen LogP contribution in [-0.2, 0) is 19.9 Å². The topological polar surface area (TPSA) is 50.1 Å². The Kier molecular flexibility index (Phi) is 4.58. The zero-order valence-electron chi connectivity index (χ0n) is 11.5. The number of phenolic OH excluding ortho intramolecular Hbond substituents is 1. The van der Waals surface area contributed by atoms with E-state index in [4.69, 9.17) is 0 Å². The average molecular weight is 259 g/mol. The SMILES string of the molecule is CC(Cc1ccc(O)cc1)NCCc1cnn(C)c1. The van der Waals surface area contributed by atoms with Crippen molar-refractivity contribution in [1.29, 1.82) is 0 Å². The van der Waals surface area contributed by atoms with Crippen molar-refractivity contribution < 1.29 is 5.11 Å². The van der Waals surface area contributed by atoms with Crippen LogP contribution in [0.15, 0.2) is 36.7 Å². The summed E-state index contributed by atoms with van der Waals surface area (Å²) in [5.41, 5.74) is 2.49. The molecule has 0 aliphatic carbocycles. The van der Waals surface area contributed by atoms with E-state index >= 15 is 0 Å². The van der Waals surface area contributed by atoms with Crippen LogP contribution in [0.1, 0.15) is 18.1 Å². The Labute approximate surface area is 114 Å². The maximum Gasteiger partial charge on any atom is 0.115 e. The van der Waals surface area contributed by atoms with E-state index < -0.39 is 0 Å². The highest BCUT2D eigenvalue weighted by Crippen LogP contribution is 2.11. The van der Waals surface area contributed by atoms with Crippen LogP contribution in [0.25, 0.3) is 0 Å². The molecule has 1 atom stereocenters. The third kappa shape index (κ3) is 4.41. The molecule has 19 heavy (non-hydrogen) atoms. The predicted octanol–water partition coefficient (Wildman–Crippen LogP) is 1.89. The minimum atomic E-state index is 0.320. The van der Waals surface area contributed by atoms with Gasteiger partial charge in [-0.1, -0.05) is 12.1 Å². The highest BCUT2D eigenvalue weighted by atomic mass is 16.3. The van der Waals surface area contributed by atoms with Gasteiger partial charge in [0.2, 0.25) is 0 Å². The molecule has 0 fully saturated rings. The number of aromatic nitrogens is 2. The quantitative estimate of drug-likeness (QED) is 0.833. The standard InChI is InChI=1S/C15H21N3O/c1-12(9-13-3-5-15(19)6-4-13)16-8-7-14-10-17-18(2)11-14/h3-6,10-12,16,19H,7-9H2,1-2H3. The van der Waals surface area contributed by atoms with Crippen molar-refractivity contribution >= 4 is 0 Å². The fraction of sp³-hybridized carbons (Fsp3) is 0.400. The summed E-state index contributed by atoms with van der Waals surface area (Å²) in [6.07, 6.45) is 5.92. The number of hydrogen-bond donors (Lipinski definition) is 2. The molecule has 0 spiro atoms. The van der Waals surface area contributed by atoms with Crippen molar-refractivity contribution in [2.75, 3.05) is 6.54 Å². The predicted molar refractivity (Wildman–Crippen MR) is 76.2 cm³/mol. The van der Waals surface area contributed by atoms with Gasteiger partial charge in [-0.25, -0.2) is 0 Å². The first-order valence-electron chi connectivity index (χ1n) is 6.62. The summed E-state index contributed by atoms with van der Waals surface area (Å²) in [6.45, 7) is 3.13. The maximum absolute atomic E-state index is 9.24. The second-order valence-electron chi connectivity index (χ2n) is 5.00. The highest BCUT2D eigenvalue weighted by molar-refractivity contribution is 5.26. The van der Waals surface area contributed by atoms with Crippen LogP contribution in [0.3, 0.4) is 0 Å². The van der Waals surface area contributed by atoms with E-state index in [1.165, 1.54) is 11.1 Å². The zero-order chi connectivity index (χ0) is 13.7. The first kappa shape index (κ1) is 13.6. The zero-order valence-corrected chi connectivity index (χ0v) is 11.5. The van der Waals surface area contributed by atoms with E-state index in [0.29, 0.717) is 11.8 Å². The maximum atomic E-state index is 9.24. The molecule has 2 N–H and O–H groups in total. The van der Waals surface area contributed by atoms with Crippen molar-refractivity contribution in [3.8, 4) is 5.75 Å². The van der Waals surface area contributed by atoms with Crippen molar-refractivity contribution in [3.63, 3.8) is 0 Å². The molecule has 0 saturated heterocycles. The van der Waals surface area contributed by atoms with Crippen LogP contribution in [0, 0.1) is 0 Å². The number of aryl methyl sites for hydroxylation is 1. The molecule has 4 heteroatoms. The van der Waals surface area contributed by atoms with Crippen LogP contribution in [0.4, 0.5) is 0 Å². The van der Waals surface area contributed by atoms with Crippen molar-refractivity contribution in [2.24, 2.45) is 7.05 Å². The van der Waals surface area contributed by atoms with E-state index in [9.17, 15) is 5.11 Å². The average Bonchev–Trinajstić information content (AvgIpc) is 2.78. The normalized spacial score (nSPS) is 12.5. The number of nitrogens with one attached hydrogen (secondary N) is 1. The molecule has 1 unspecified atom stereocenters. The summed E-state index contributed by atoms with van der Waals surface area (Å²) in [5.74, 6) is 0.320.